The molecular formula is C14H23N3O4S. The predicted octanol–water partition coefficient (Wildman–Crippen LogP) is 0.511. The molecule has 1 N–H and O–H groups in total. The van der Waals surface area contributed by atoms with E-state index < -0.39 is 10.0 Å². The molecule has 0 unspecified atom stereocenters. The molecule has 0 radical (unpaired) electrons. The van der Waals surface area contributed by atoms with Crippen molar-refractivity contribution in [3.63, 3.8) is 0 Å². The number of nitrogens with zero attached hydrogens (tertiary/aromatic N) is 3. The number of aromatic nitrogens is 1. The van der Waals surface area contributed by atoms with E-state index in [9.17, 15) is 13.5 Å². The number of sulfonamides is 1. The van der Waals surface area contributed by atoms with Gasteiger partial charge < -0.3 is 9.63 Å². The first-order valence-electron chi connectivity index (χ1n) is 7.74. The van der Waals surface area contributed by atoms with Gasteiger partial charge >= 0.3 is 0 Å². The molecule has 3 heterocycles. The van der Waals surface area contributed by atoms with E-state index in [1.54, 1.807) is 13.8 Å². The second-order valence-electron chi connectivity index (χ2n) is 6.23. The second-order valence-corrected chi connectivity index (χ2v) is 8.10. The average molecular weight is 329 g/mol. The first kappa shape index (κ1) is 15.9. The Hall–Kier alpha value is -0.960. The molecule has 0 saturated carbocycles. The minimum atomic E-state index is -3.53. The van der Waals surface area contributed by atoms with E-state index in [1.807, 2.05) is 0 Å². The molecule has 2 fully saturated rings. The predicted molar refractivity (Wildman–Crippen MR) is 80.0 cm³/mol. The highest BCUT2D eigenvalue weighted by molar-refractivity contribution is 7.89. The number of piperidine rings is 1. The molecular weight excluding hydrogens is 306 g/mol. The van der Waals surface area contributed by atoms with Crippen LogP contribution in [0.4, 0.5) is 0 Å². The number of aliphatic hydroxyl groups excluding tert-OH is 1. The van der Waals surface area contributed by atoms with Gasteiger partial charge in [0.1, 0.15) is 10.6 Å². The summed E-state index contributed by atoms with van der Waals surface area (Å²) in [7, 11) is -3.53. The maximum atomic E-state index is 12.7. The fourth-order valence-electron chi connectivity index (χ4n) is 3.52. The zero-order valence-electron chi connectivity index (χ0n) is 13.0. The summed E-state index contributed by atoms with van der Waals surface area (Å²) in [6.45, 7) is 5.91. The third-order valence-corrected chi connectivity index (χ3v) is 6.84. The zero-order chi connectivity index (χ0) is 15.9. The van der Waals surface area contributed by atoms with E-state index in [4.69, 9.17) is 4.52 Å². The van der Waals surface area contributed by atoms with Crippen molar-refractivity contribution in [3.05, 3.63) is 11.5 Å². The fraction of sp³-hybridized carbons (Fsp3) is 0.786. The van der Waals surface area contributed by atoms with E-state index in [0.717, 1.165) is 25.8 Å². The first-order valence-corrected chi connectivity index (χ1v) is 9.18. The molecule has 7 nitrogen and oxygen atoms in total. The fourth-order valence-corrected chi connectivity index (χ4v) is 5.28. The number of rotatable bonds is 3. The summed E-state index contributed by atoms with van der Waals surface area (Å²) >= 11 is 0. The van der Waals surface area contributed by atoms with Gasteiger partial charge in [-0.1, -0.05) is 5.16 Å². The highest BCUT2D eigenvalue weighted by Gasteiger charge is 2.36. The molecule has 0 bridgehead atoms. The number of hydrogen-bond donors (Lipinski definition) is 1. The van der Waals surface area contributed by atoms with Crippen LogP contribution in [0.15, 0.2) is 9.42 Å². The summed E-state index contributed by atoms with van der Waals surface area (Å²) in [6, 6.07) is 0.369. The Kier molecular flexibility index (Phi) is 4.28. The molecule has 1 aromatic heterocycles. The van der Waals surface area contributed by atoms with Crippen LogP contribution in [0.25, 0.3) is 0 Å². The van der Waals surface area contributed by atoms with Crippen LogP contribution in [0.1, 0.15) is 30.7 Å². The van der Waals surface area contributed by atoms with Gasteiger partial charge in [0.2, 0.25) is 10.0 Å². The number of likely N-dealkylation sites (tertiary alicyclic amines) is 1. The van der Waals surface area contributed by atoms with Crippen molar-refractivity contribution in [2.24, 2.45) is 0 Å². The van der Waals surface area contributed by atoms with E-state index in [-0.39, 0.29) is 11.0 Å². The minimum Gasteiger partial charge on any atom is -0.392 e. The van der Waals surface area contributed by atoms with Crippen LogP contribution in [0.2, 0.25) is 0 Å². The molecule has 8 heteroatoms. The van der Waals surface area contributed by atoms with Crippen molar-refractivity contribution in [1.29, 1.82) is 0 Å². The van der Waals surface area contributed by atoms with Crippen molar-refractivity contribution < 1.29 is 18.0 Å². The summed E-state index contributed by atoms with van der Waals surface area (Å²) in [5.74, 6) is 0.349. The smallest absolute Gasteiger partial charge is 0.248 e. The summed E-state index contributed by atoms with van der Waals surface area (Å²) in [5.41, 5.74) is 0.419. The van der Waals surface area contributed by atoms with Gasteiger partial charge in [-0.3, -0.25) is 4.90 Å². The summed E-state index contributed by atoms with van der Waals surface area (Å²) in [5, 5.41) is 13.4. The lowest BCUT2D eigenvalue weighted by molar-refractivity contribution is 0.132. The van der Waals surface area contributed by atoms with Gasteiger partial charge in [0.25, 0.3) is 0 Å². The van der Waals surface area contributed by atoms with Crippen LogP contribution in [-0.2, 0) is 10.0 Å². The molecule has 2 aliphatic heterocycles. The normalized spacial score (nSPS) is 25.9. The van der Waals surface area contributed by atoms with E-state index in [0.29, 0.717) is 37.1 Å². The van der Waals surface area contributed by atoms with Crippen LogP contribution in [0.3, 0.4) is 0 Å². The van der Waals surface area contributed by atoms with Gasteiger partial charge in [-0.2, -0.15) is 4.31 Å². The van der Waals surface area contributed by atoms with Crippen molar-refractivity contribution >= 4 is 10.0 Å². The van der Waals surface area contributed by atoms with Crippen LogP contribution in [0.5, 0.6) is 0 Å². The number of aryl methyl sites for hydroxylation is 2. The molecule has 0 spiro atoms. The molecule has 0 amide bonds. The monoisotopic (exact) mass is 329 g/mol. The van der Waals surface area contributed by atoms with Crippen molar-refractivity contribution in [1.82, 2.24) is 14.4 Å². The van der Waals surface area contributed by atoms with Crippen molar-refractivity contribution in [2.45, 2.75) is 50.2 Å². The number of β-amino-alcohol motifs (C(OH)–C–C–N with tert-alkyl or cyclic N) is 1. The quantitative estimate of drug-likeness (QED) is 0.869. The highest BCUT2D eigenvalue weighted by Crippen LogP contribution is 2.28. The third-order valence-electron chi connectivity index (χ3n) is 4.70. The lowest BCUT2D eigenvalue weighted by Crippen LogP contribution is -2.46. The Bertz CT molecular complexity index is 615. The van der Waals surface area contributed by atoms with Crippen molar-refractivity contribution in [2.75, 3.05) is 26.2 Å². The number of hydrogen-bond acceptors (Lipinski definition) is 6. The molecule has 2 aliphatic rings. The Labute approximate surface area is 130 Å². The van der Waals surface area contributed by atoms with E-state index in [2.05, 4.69) is 10.1 Å². The largest absolute Gasteiger partial charge is 0.392 e. The van der Waals surface area contributed by atoms with Crippen LogP contribution in [0, 0.1) is 13.8 Å². The van der Waals surface area contributed by atoms with E-state index >= 15 is 0 Å². The average Bonchev–Trinajstić information content (AvgIpc) is 3.05. The molecule has 1 aromatic rings. The topological polar surface area (TPSA) is 86.9 Å². The Morgan fingerprint density at radius 2 is 1.86 bits per heavy atom. The Balaban J connectivity index is 1.68. The van der Waals surface area contributed by atoms with E-state index in [1.165, 1.54) is 4.31 Å². The molecule has 22 heavy (non-hydrogen) atoms. The van der Waals surface area contributed by atoms with Gasteiger partial charge in [-0.05, 0) is 33.1 Å². The maximum absolute atomic E-state index is 12.7. The van der Waals surface area contributed by atoms with Gasteiger partial charge in [0, 0.05) is 32.2 Å². The standard InChI is InChI=1S/C14H23N3O4S/c1-10-14(11(2)21-15-10)22(19,20)17-7-3-12(4-8-17)16-6-5-13(18)9-16/h12-13,18H,3-9H2,1-2H3/t13-/m0/s1. The lowest BCUT2D eigenvalue weighted by atomic mass is 10.1. The molecule has 0 aliphatic carbocycles. The molecule has 124 valence electrons. The summed E-state index contributed by atoms with van der Waals surface area (Å²) in [4.78, 5) is 2.49. The van der Waals surface area contributed by atoms with Crippen LogP contribution in [-0.4, -0.2) is 66.2 Å². The molecule has 0 aromatic carbocycles. The molecule has 1 atom stereocenters. The van der Waals surface area contributed by atoms with Gasteiger partial charge in [-0.15, -0.1) is 0 Å². The molecule has 2 saturated heterocycles. The van der Waals surface area contributed by atoms with Gasteiger partial charge in [-0.25, -0.2) is 8.42 Å². The second kappa shape index (κ2) is 5.92. The molecule has 3 rings (SSSR count). The zero-order valence-corrected chi connectivity index (χ0v) is 13.8. The highest BCUT2D eigenvalue weighted by atomic mass is 32.2. The summed E-state index contributed by atoms with van der Waals surface area (Å²) < 4.78 is 32.0. The van der Waals surface area contributed by atoms with Gasteiger partial charge in [0.15, 0.2) is 5.76 Å². The van der Waals surface area contributed by atoms with Crippen LogP contribution >= 0.6 is 0 Å². The minimum absolute atomic E-state index is 0.211. The SMILES string of the molecule is Cc1noc(C)c1S(=O)(=O)N1CCC(N2CC[C@H](O)C2)CC1. The maximum Gasteiger partial charge on any atom is 0.248 e. The Morgan fingerprint density at radius 1 is 1.18 bits per heavy atom. The number of aliphatic hydroxyl groups is 1. The Morgan fingerprint density at radius 3 is 2.36 bits per heavy atom. The lowest BCUT2D eigenvalue weighted by Gasteiger charge is -2.35. The first-order chi connectivity index (χ1) is 10.4. The van der Waals surface area contributed by atoms with Crippen molar-refractivity contribution in [3.8, 4) is 0 Å². The third kappa shape index (κ3) is 2.80. The summed E-state index contributed by atoms with van der Waals surface area (Å²) in [6.07, 6.45) is 2.19. The van der Waals surface area contributed by atoms with Crippen LogP contribution < -0.4 is 0 Å². The van der Waals surface area contributed by atoms with Gasteiger partial charge in [0.05, 0.1) is 6.10 Å².